The predicted molar refractivity (Wildman–Crippen MR) is 65.6 cm³/mol. The molecule has 0 aliphatic carbocycles. The van der Waals surface area contributed by atoms with Gasteiger partial charge < -0.3 is 9.84 Å². The third kappa shape index (κ3) is 3.69. The second-order valence-electron chi connectivity index (χ2n) is 3.92. The van der Waals surface area contributed by atoms with Crippen LogP contribution in [0.2, 0.25) is 0 Å². The van der Waals surface area contributed by atoms with Crippen LogP contribution in [0.1, 0.15) is 24.3 Å². The molecule has 6 nitrogen and oxygen atoms in total. The van der Waals surface area contributed by atoms with Crippen LogP contribution in [0.3, 0.4) is 0 Å². The molecular formula is C11H15NO5S. The fourth-order valence-electron chi connectivity index (χ4n) is 1.17. The van der Waals surface area contributed by atoms with E-state index in [1.165, 1.54) is 18.3 Å². The van der Waals surface area contributed by atoms with Gasteiger partial charge in [0.25, 0.3) is 0 Å². The summed E-state index contributed by atoms with van der Waals surface area (Å²) in [5.41, 5.74) is -0.223. The van der Waals surface area contributed by atoms with Crippen LogP contribution >= 0.6 is 0 Å². The van der Waals surface area contributed by atoms with E-state index in [-0.39, 0.29) is 23.8 Å². The van der Waals surface area contributed by atoms with Crippen LogP contribution in [0, 0.1) is 0 Å². The van der Waals surface area contributed by atoms with Gasteiger partial charge in [0.05, 0.1) is 11.0 Å². The van der Waals surface area contributed by atoms with Crippen molar-refractivity contribution >= 4 is 15.8 Å². The third-order valence-corrected chi connectivity index (χ3v) is 4.49. The summed E-state index contributed by atoms with van der Waals surface area (Å²) in [5.74, 6) is -1.29. The Labute approximate surface area is 106 Å². The van der Waals surface area contributed by atoms with Crippen LogP contribution in [0.25, 0.3) is 0 Å². The molecule has 0 spiro atoms. The monoisotopic (exact) mass is 273 g/mol. The van der Waals surface area contributed by atoms with Gasteiger partial charge in [0.15, 0.2) is 21.3 Å². The van der Waals surface area contributed by atoms with Gasteiger partial charge in [-0.3, -0.25) is 0 Å². The smallest absolute Gasteiger partial charge is 0.358 e. The predicted octanol–water partition coefficient (Wildman–Crippen LogP) is 0.982. The zero-order chi connectivity index (χ0) is 13.8. The molecule has 1 aromatic rings. The maximum atomic E-state index is 11.5. The number of carbonyl (C=O) groups is 1. The molecule has 0 radical (unpaired) electrons. The highest BCUT2D eigenvalue weighted by molar-refractivity contribution is 7.91. The molecule has 0 amide bonds. The molecule has 0 aliphatic heterocycles. The number of hydrogen-bond acceptors (Lipinski definition) is 5. The van der Waals surface area contributed by atoms with Crippen molar-refractivity contribution in [1.29, 1.82) is 0 Å². The zero-order valence-electron chi connectivity index (χ0n) is 10.2. The summed E-state index contributed by atoms with van der Waals surface area (Å²) < 4.78 is 28.2. The van der Waals surface area contributed by atoms with E-state index in [1.54, 1.807) is 13.8 Å². The first-order valence-electron chi connectivity index (χ1n) is 5.37. The molecule has 0 aromatic carbocycles. The number of rotatable bonds is 6. The van der Waals surface area contributed by atoms with Gasteiger partial charge in [-0.1, -0.05) is 0 Å². The summed E-state index contributed by atoms with van der Waals surface area (Å²) in [4.78, 5) is 14.5. The molecule has 1 aromatic heterocycles. The highest BCUT2D eigenvalue weighted by Gasteiger charge is 2.17. The number of hydrogen-bond donors (Lipinski definition) is 1. The van der Waals surface area contributed by atoms with Crippen LogP contribution in [0.5, 0.6) is 5.75 Å². The maximum Gasteiger partial charge on any atom is 0.358 e. The first-order valence-corrected chi connectivity index (χ1v) is 7.09. The fourth-order valence-corrected chi connectivity index (χ4v) is 1.96. The van der Waals surface area contributed by atoms with Crippen molar-refractivity contribution in [2.24, 2.45) is 0 Å². The second-order valence-corrected chi connectivity index (χ2v) is 6.60. The molecule has 1 rings (SSSR count). The lowest BCUT2D eigenvalue weighted by Gasteiger charge is -2.10. The summed E-state index contributed by atoms with van der Waals surface area (Å²) in [5, 5.41) is 8.37. The van der Waals surface area contributed by atoms with Gasteiger partial charge in [-0.2, -0.15) is 0 Å². The Kier molecular flexibility index (Phi) is 4.66. The summed E-state index contributed by atoms with van der Waals surface area (Å²) in [6, 6.07) is 2.97. The molecule has 0 fully saturated rings. The standard InChI is InChI=1S/C11H15NO5S/c1-8(2)18(15,16)7-6-17-9-4-3-5-12-10(9)11(13)14/h3-5,8H,6-7H2,1-2H3,(H,13,14). The molecule has 0 bridgehead atoms. The molecule has 0 atom stereocenters. The highest BCUT2D eigenvalue weighted by atomic mass is 32.2. The summed E-state index contributed by atoms with van der Waals surface area (Å²) in [7, 11) is -3.19. The Morgan fingerprint density at radius 1 is 1.50 bits per heavy atom. The molecule has 0 unspecified atom stereocenters. The lowest BCUT2D eigenvalue weighted by Crippen LogP contribution is -2.22. The molecule has 1 heterocycles. The average molecular weight is 273 g/mol. The summed E-state index contributed by atoms with van der Waals surface area (Å²) in [6.45, 7) is 3.08. The average Bonchev–Trinajstić information content (AvgIpc) is 2.29. The van der Waals surface area contributed by atoms with E-state index in [9.17, 15) is 13.2 Å². The normalized spacial score (nSPS) is 11.5. The zero-order valence-corrected chi connectivity index (χ0v) is 11.0. The van der Waals surface area contributed by atoms with Crippen LogP contribution in [-0.2, 0) is 9.84 Å². The van der Waals surface area contributed by atoms with Crippen molar-refractivity contribution in [1.82, 2.24) is 4.98 Å². The number of ether oxygens (including phenoxy) is 1. The van der Waals surface area contributed by atoms with Crippen LogP contribution in [-0.4, -0.2) is 42.1 Å². The molecule has 7 heteroatoms. The number of sulfone groups is 1. The number of aromatic carboxylic acids is 1. The van der Waals surface area contributed by atoms with E-state index >= 15 is 0 Å². The second kappa shape index (κ2) is 5.81. The molecule has 0 saturated carbocycles. The summed E-state index contributed by atoms with van der Waals surface area (Å²) >= 11 is 0. The number of carboxylic acids is 1. The van der Waals surface area contributed by atoms with Gasteiger partial charge in [0.1, 0.15) is 6.61 Å². The van der Waals surface area contributed by atoms with E-state index in [2.05, 4.69) is 4.98 Å². The van der Waals surface area contributed by atoms with E-state index in [1.807, 2.05) is 0 Å². The van der Waals surface area contributed by atoms with Crippen molar-refractivity contribution in [3.8, 4) is 5.75 Å². The van der Waals surface area contributed by atoms with Gasteiger partial charge in [-0.05, 0) is 26.0 Å². The molecule has 100 valence electrons. The van der Waals surface area contributed by atoms with Crippen molar-refractivity contribution in [3.05, 3.63) is 24.0 Å². The van der Waals surface area contributed by atoms with Crippen LogP contribution < -0.4 is 4.74 Å². The third-order valence-electron chi connectivity index (χ3n) is 2.32. The number of nitrogens with zero attached hydrogens (tertiary/aromatic N) is 1. The first-order chi connectivity index (χ1) is 8.34. The van der Waals surface area contributed by atoms with Crippen LogP contribution in [0.15, 0.2) is 18.3 Å². The largest absolute Gasteiger partial charge is 0.490 e. The topological polar surface area (TPSA) is 93.6 Å². The van der Waals surface area contributed by atoms with Crippen LogP contribution in [0.4, 0.5) is 0 Å². The van der Waals surface area contributed by atoms with Crippen molar-refractivity contribution in [2.75, 3.05) is 12.4 Å². The number of carboxylic acid groups (broad SMARTS) is 1. The molecule has 0 saturated heterocycles. The van der Waals surface area contributed by atoms with Crippen molar-refractivity contribution in [2.45, 2.75) is 19.1 Å². The van der Waals surface area contributed by atoms with Crippen molar-refractivity contribution in [3.63, 3.8) is 0 Å². The van der Waals surface area contributed by atoms with Gasteiger partial charge >= 0.3 is 5.97 Å². The Hall–Kier alpha value is -1.63. The van der Waals surface area contributed by atoms with Gasteiger partial charge in [-0.15, -0.1) is 0 Å². The summed E-state index contributed by atoms with van der Waals surface area (Å²) in [6.07, 6.45) is 1.33. The Bertz CT molecular complexity index is 524. The molecule has 18 heavy (non-hydrogen) atoms. The minimum absolute atomic E-state index is 0.0731. The quantitative estimate of drug-likeness (QED) is 0.830. The first kappa shape index (κ1) is 14.4. The minimum atomic E-state index is -3.19. The number of aromatic nitrogens is 1. The highest BCUT2D eigenvalue weighted by Crippen LogP contribution is 2.15. The van der Waals surface area contributed by atoms with Crippen molar-refractivity contribution < 1.29 is 23.1 Å². The number of pyridine rings is 1. The maximum absolute atomic E-state index is 11.5. The Morgan fingerprint density at radius 2 is 2.17 bits per heavy atom. The fraction of sp³-hybridized carbons (Fsp3) is 0.455. The van der Waals surface area contributed by atoms with E-state index < -0.39 is 21.1 Å². The molecular weight excluding hydrogens is 258 g/mol. The molecule has 1 N–H and O–H groups in total. The lowest BCUT2D eigenvalue weighted by molar-refractivity contribution is 0.0685. The minimum Gasteiger partial charge on any atom is -0.490 e. The van der Waals surface area contributed by atoms with Gasteiger partial charge in [0.2, 0.25) is 0 Å². The molecule has 0 aliphatic rings. The van der Waals surface area contributed by atoms with Gasteiger partial charge in [-0.25, -0.2) is 18.2 Å². The van der Waals surface area contributed by atoms with E-state index in [0.29, 0.717) is 0 Å². The lowest BCUT2D eigenvalue weighted by atomic mass is 10.3. The Morgan fingerprint density at radius 3 is 2.72 bits per heavy atom. The SMILES string of the molecule is CC(C)S(=O)(=O)CCOc1cccnc1C(=O)O. The van der Waals surface area contributed by atoms with E-state index in [4.69, 9.17) is 9.84 Å². The Balaban J connectivity index is 2.68. The van der Waals surface area contributed by atoms with Gasteiger partial charge in [0, 0.05) is 6.20 Å². The van der Waals surface area contributed by atoms with E-state index in [0.717, 1.165) is 0 Å².